The molecule has 1 heterocycles. The molecule has 1 amide bonds. The van der Waals surface area contributed by atoms with E-state index in [2.05, 4.69) is 17.6 Å². The van der Waals surface area contributed by atoms with Crippen LogP contribution in [-0.2, 0) is 4.79 Å². The highest BCUT2D eigenvalue weighted by Crippen LogP contribution is 2.28. The molecule has 0 radical (unpaired) electrons. The summed E-state index contributed by atoms with van der Waals surface area (Å²) in [5.41, 5.74) is 0. The Kier molecular flexibility index (Phi) is 4.22. The molecule has 1 aliphatic carbocycles. The van der Waals surface area contributed by atoms with Crippen molar-refractivity contribution in [2.24, 2.45) is 11.8 Å². The molecular formula is C13H24N2O. The van der Waals surface area contributed by atoms with E-state index in [0.29, 0.717) is 12.5 Å². The van der Waals surface area contributed by atoms with E-state index in [-0.39, 0.29) is 5.91 Å². The van der Waals surface area contributed by atoms with E-state index in [1.165, 1.54) is 25.7 Å². The van der Waals surface area contributed by atoms with Gasteiger partial charge in [0.1, 0.15) is 0 Å². The lowest BCUT2D eigenvalue weighted by atomic mass is 9.80. The van der Waals surface area contributed by atoms with Crippen molar-refractivity contribution in [1.29, 1.82) is 0 Å². The van der Waals surface area contributed by atoms with Gasteiger partial charge in [0.25, 0.3) is 0 Å². The highest BCUT2D eigenvalue weighted by atomic mass is 16.1. The Morgan fingerprint density at radius 1 is 1.25 bits per heavy atom. The molecule has 2 rings (SSSR count). The van der Waals surface area contributed by atoms with Gasteiger partial charge in [0.2, 0.25) is 5.91 Å². The van der Waals surface area contributed by atoms with E-state index in [1.54, 1.807) is 0 Å². The van der Waals surface area contributed by atoms with E-state index in [4.69, 9.17) is 0 Å². The van der Waals surface area contributed by atoms with Crippen molar-refractivity contribution in [1.82, 2.24) is 10.6 Å². The second-order valence-corrected chi connectivity index (χ2v) is 5.48. The first kappa shape index (κ1) is 11.9. The van der Waals surface area contributed by atoms with Crippen LogP contribution >= 0.6 is 0 Å². The minimum atomic E-state index is 0.220. The summed E-state index contributed by atoms with van der Waals surface area (Å²) < 4.78 is 0. The van der Waals surface area contributed by atoms with E-state index in [1.807, 2.05) is 0 Å². The van der Waals surface area contributed by atoms with E-state index >= 15 is 0 Å². The van der Waals surface area contributed by atoms with E-state index in [0.717, 1.165) is 31.3 Å². The number of nitrogens with one attached hydrogen (secondary N) is 2. The lowest BCUT2D eigenvalue weighted by Crippen LogP contribution is -2.38. The molecule has 3 unspecified atom stereocenters. The number of hydrogen-bond acceptors (Lipinski definition) is 2. The molecule has 16 heavy (non-hydrogen) atoms. The first-order valence-corrected chi connectivity index (χ1v) is 6.76. The van der Waals surface area contributed by atoms with Gasteiger partial charge in [-0.3, -0.25) is 4.79 Å². The van der Waals surface area contributed by atoms with Gasteiger partial charge in [-0.2, -0.15) is 0 Å². The van der Waals surface area contributed by atoms with E-state index in [9.17, 15) is 4.79 Å². The lowest BCUT2D eigenvalue weighted by Gasteiger charge is -2.29. The zero-order chi connectivity index (χ0) is 11.4. The van der Waals surface area contributed by atoms with Crippen LogP contribution in [0.4, 0.5) is 0 Å². The smallest absolute Gasteiger partial charge is 0.220 e. The van der Waals surface area contributed by atoms with Gasteiger partial charge in [-0.05, 0) is 31.2 Å². The number of amides is 1. The topological polar surface area (TPSA) is 41.1 Å². The first-order valence-electron chi connectivity index (χ1n) is 6.76. The Morgan fingerprint density at radius 2 is 2.06 bits per heavy atom. The molecule has 2 fully saturated rings. The van der Waals surface area contributed by atoms with Crippen LogP contribution < -0.4 is 10.6 Å². The summed E-state index contributed by atoms with van der Waals surface area (Å²) in [7, 11) is 0. The van der Waals surface area contributed by atoms with Crippen LogP contribution in [0.3, 0.4) is 0 Å². The van der Waals surface area contributed by atoms with Crippen LogP contribution in [0.1, 0.15) is 45.4 Å². The molecule has 1 saturated carbocycles. The molecule has 0 aromatic rings. The standard InChI is InChI=1S/C13H24N2O/c1-10-4-2-3-5-11(10)8-14-9-12-6-7-13(16)15-12/h10-12,14H,2-9H2,1H3,(H,15,16). The van der Waals surface area contributed by atoms with Crippen LogP contribution in [0.25, 0.3) is 0 Å². The third kappa shape index (κ3) is 3.21. The summed E-state index contributed by atoms with van der Waals surface area (Å²) in [5.74, 6) is 1.95. The van der Waals surface area contributed by atoms with Crippen LogP contribution in [0.2, 0.25) is 0 Å². The van der Waals surface area contributed by atoms with E-state index < -0.39 is 0 Å². The fraction of sp³-hybridized carbons (Fsp3) is 0.923. The first-order chi connectivity index (χ1) is 7.75. The molecule has 3 heteroatoms. The number of hydrogen-bond donors (Lipinski definition) is 2. The summed E-state index contributed by atoms with van der Waals surface area (Å²) in [6.07, 6.45) is 7.31. The fourth-order valence-electron chi connectivity index (χ4n) is 2.97. The Hall–Kier alpha value is -0.570. The second kappa shape index (κ2) is 5.67. The zero-order valence-electron chi connectivity index (χ0n) is 10.3. The minimum absolute atomic E-state index is 0.220. The van der Waals surface area contributed by atoms with Crippen molar-refractivity contribution in [3.05, 3.63) is 0 Å². The average molecular weight is 224 g/mol. The van der Waals surface area contributed by atoms with Gasteiger partial charge in [0, 0.05) is 19.0 Å². The Morgan fingerprint density at radius 3 is 2.75 bits per heavy atom. The summed E-state index contributed by atoms with van der Waals surface area (Å²) in [6, 6.07) is 0.381. The van der Waals surface area contributed by atoms with Crippen molar-refractivity contribution < 1.29 is 4.79 Å². The SMILES string of the molecule is CC1CCCCC1CNCC1CCC(=O)N1. The van der Waals surface area contributed by atoms with Gasteiger partial charge in [0.05, 0.1) is 0 Å². The molecule has 3 nitrogen and oxygen atoms in total. The molecule has 2 N–H and O–H groups in total. The summed E-state index contributed by atoms with van der Waals surface area (Å²) in [5, 5.41) is 6.53. The van der Waals surface area contributed by atoms with Gasteiger partial charge in [0.15, 0.2) is 0 Å². The molecule has 0 aromatic heterocycles. The molecule has 92 valence electrons. The van der Waals surface area contributed by atoms with Crippen LogP contribution in [0.5, 0.6) is 0 Å². The third-order valence-corrected chi connectivity index (χ3v) is 4.17. The van der Waals surface area contributed by atoms with Crippen LogP contribution in [-0.4, -0.2) is 25.0 Å². The maximum Gasteiger partial charge on any atom is 0.220 e. The number of carbonyl (C=O) groups is 1. The normalized spacial score (nSPS) is 35.1. The summed E-state index contributed by atoms with van der Waals surface area (Å²) in [4.78, 5) is 11.0. The maximum absolute atomic E-state index is 11.0. The van der Waals surface area contributed by atoms with Gasteiger partial charge in [-0.15, -0.1) is 0 Å². The van der Waals surface area contributed by atoms with Crippen molar-refractivity contribution in [2.45, 2.75) is 51.5 Å². The van der Waals surface area contributed by atoms with Gasteiger partial charge in [-0.25, -0.2) is 0 Å². The van der Waals surface area contributed by atoms with Crippen LogP contribution in [0, 0.1) is 11.8 Å². The predicted molar refractivity (Wildman–Crippen MR) is 65.2 cm³/mol. The Balaban J connectivity index is 1.61. The second-order valence-electron chi connectivity index (χ2n) is 5.48. The highest BCUT2D eigenvalue weighted by molar-refractivity contribution is 5.78. The van der Waals surface area contributed by atoms with Crippen molar-refractivity contribution in [3.8, 4) is 0 Å². The molecule has 1 saturated heterocycles. The molecule has 0 bridgehead atoms. The fourth-order valence-corrected chi connectivity index (χ4v) is 2.97. The molecule has 0 aromatic carbocycles. The lowest BCUT2D eigenvalue weighted by molar-refractivity contribution is -0.119. The van der Waals surface area contributed by atoms with Gasteiger partial charge < -0.3 is 10.6 Å². The summed E-state index contributed by atoms with van der Waals surface area (Å²) in [6.45, 7) is 4.46. The van der Waals surface area contributed by atoms with Gasteiger partial charge >= 0.3 is 0 Å². The minimum Gasteiger partial charge on any atom is -0.352 e. The molecule has 2 aliphatic rings. The summed E-state index contributed by atoms with van der Waals surface area (Å²) >= 11 is 0. The largest absolute Gasteiger partial charge is 0.352 e. The van der Waals surface area contributed by atoms with Crippen LogP contribution in [0.15, 0.2) is 0 Å². The molecular weight excluding hydrogens is 200 g/mol. The quantitative estimate of drug-likeness (QED) is 0.763. The predicted octanol–water partition coefficient (Wildman–Crippen LogP) is 1.68. The molecule has 3 atom stereocenters. The Labute approximate surface area is 98.4 Å². The average Bonchev–Trinajstić information content (AvgIpc) is 2.67. The van der Waals surface area contributed by atoms with Gasteiger partial charge in [-0.1, -0.05) is 26.2 Å². The zero-order valence-corrected chi connectivity index (χ0v) is 10.3. The number of rotatable bonds is 4. The molecule has 0 spiro atoms. The number of carbonyl (C=O) groups excluding carboxylic acids is 1. The van der Waals surface area contributed by atoms with Crippen molar-refractivity contribution in [3.63, 3.8) is 0 Å². The Bertz CT molecular complexity index is 242. The highest BCUT2D eigenvalue weighted by Gasteiger charge is 2.23. The molecule has 1 aliphatic heterocycles. The third-order valence-electron chi connectivity index (χ3n) is 4.17. The maximum atomic E-state index is 11.0. The monoisotopic (exact) mass is 224 g/mol. The van der Waals surface area contributed by atoms with Crippen molar-refractivity contribution in [2.75, 3.05) is 13.1 Å². The van der Waals surface area contributed by atoms with Crippen molar-refractivity contribution >= 4 is 5.91 Å².